The molecule has 1 rings (SSSR count). The van der Waals surface area contributed by atoms with E-state index in [-0.39, 0.29) is 5.91 Å². The van der Waals surface area contributed by atoms with Gasteiger partial charge in [-0.05, 0) is 12.1 Å². The molecule has 0 aliphatic rings. The SMILES string of the molecule is NNC(=O)c1ccc(C#CCCCl)s1. The van der Waals surface area contributed by atoms with Crippen molar-refractivity contribution < 1.29 is 4.79 Å². The maximum absolute atomic E-state index is 11.1. The number of hydrazine groups is 1. The van der Waals surface area contributed by atoms with Gasteiger partial charge >= 0.3 is 0 Å². The van der Waals surface area contributed by atoms with Crippen molar-refractivity contribution >= 4 is 28.8 Å². The molecular formula is C9H9ClN2OS. The van der Waals surface area contributed by atoms with Gasteiger partial charge in [0.05, 0.1) is 9.75 Å². The van der Waals surface area contributed by atoms with E-state index >= 15 is 0 Å². The first-order valence-electron chi connectivity index (χ1n) is 3.93. The number of nitrogens with two attached hydrogens (primary N) is 1. The summed E-state index contributed by atoms with van der Waals surface area (Å²) in [5.41, 5.74) is 2.06. The molecule has 74 valence electrons. The van der Waals surface area contributed by atoms with Crippen LogP contribution in [0.25, 0.3) is 0 Å². The summed E-state index contributed by atoms with van der Waals surface area (Å²) in [5, 5.41) is 0. The summed E-state index contributed by atoms with van der Waals surface area (Å²) in [6.45, 7) is 0. The highest BCUT2D eigenvalue weighted by Gasteiger charge is 2.05. The predicted octanol–water partition coefficient (Wildman–Crippen LogP) is 1.33. The first-order chi connectivity index (χ1) is 6.77. The van der Waals surface area contributed by atoms with Gasteiger partial charge in [-0.15, -0.1) is 22.9 Å². The number of rotatable bonds is 2. The molecule has 0 aliphatic carbocycles. The predicted molar refractivity (Wildman–Crippen MR) is 58.2 cm³/mol. The van der Waals surface area contributed by atoms with Crippen molar-refractivity contribution in [3.05, 3.63) is 21.9 Å². The van der Waals surface area contributed by atoms with E-state index < -0.39 is 0 Å². The molecule has 0 bridgehead atoms. The normalized spacial score (nSPS) is 9.00. The molecule has 3 nitrogen and oxygen atoms in total. The summed E-state index contributed by atoms with van der Waals surface area (Å²) in [7, 11) is 0. The number of alkyl halides is 1. The molecule has 1 aromatic rings. The minimum absolute atomic E-state index is 0.291. The van der Waals surface area contributed by atoms with Crippen molar-refractivity contribution in [2.24, 2.45) is 5.84 Å². The monoisotopic (exact) mass is 228 g/mol. The van der Waals surface area contributed by atoms with E-state index in [1.54, 1.807) is 12.1 Å². The molecule has 0 fully saturated rings. The number of hydrogen-bond acceptors (Lipinski definition) is 3. The Balaban J connectivity index is 2.70. The molecule has 0 spiro atoms. The zero-order valence-electron chi connectivity index (χ0n) is 7.34. The van der Waals surface area contributed by atoms with Crippen LogP contribution in [0.1, 0.15) is 21.0 Å². The van der Waals surface area contributed by atoms with E-state index in [2.05, 4.69) is 17.3 Å². The van der Waals surface area contributed by atoms with Crippen molar-refractivity contribution in [2.75, 3.05) is 5.88 Å². The van der Waals surface area contributed by atoms with Gasteiger partial charge < -0.3 is 0 Å². The van der Waals surface area contributed by atoms with Gasteiger partial charge in [0.1, 0.15) is 0 Å². The molecular weight excluding hydrogens is 220 g/mol. The highest BCUT2D eigenvalue weighted by molar-refractivity contribution is 7.14. The summed E-state index contributed by atoms with van der Waals surface area (Å²) in [5.74, 6) is 11.0. The maximum Gasteiger partial charge on any atom is 0.275 e. The molecule has 1 amide bonds. The molecule has 0 unspecified atom stereocenters. The van der Waals surface area contributed by atoms with Crippen LogP contribution in [-0.4, -0.2) is 11.8 Å². The van der Waals surface area contributed by atoms with E-state index in [0.717, 1.165) is 4.88 Å². The Morgan fingerprint density at radius 2 is 2.43 bits per heavy atom. The second-order valence-corrected chi connectivity index (χ2v) is 3.84. The molecule has 0 aromatic carbocycles. The molecule has 1 heterocycles. The molecule has 0 aliphatic heterocycles. The summed E-state index contributed by atoms with van der Waals surface area (Å²) < 4.78 is 0. The Kier molecular flexibility index (Phi) is 4.47. The third-order valence-corrected chi connectivity index (χ3v) is 2.58. The molecule has 0 saturated heterocycles. The van der Waals surface area contributed by atoms with Gasteiger partial charge in [0, 0.05) is 12.3 Å². The smallest absolute Gasteiger partial charge is 0.275 e. The number of carbonyl (C=O) groups excluding carboxylic acids is 1. The zero-order valence-corrected chi connectivity index (χ0v) is 8.91. The maximum atomic E-state index is 11.1. The van der Waals surface area contributed by atoms with Crippen LogP contribution < -0.4 is 11.3 Å². The Morgan fingerprint density at radius 3 is 3.07 bits per heavy atom. The van der Waals surface area contributed by atoms with Gasteiger partial charge in [0.2, 0.25) is 0 Å². The Hall–Kier alpha value is -1.02. The van der Waals surface area contributed by atoms with E-state index in [1.807, 2.05) is 0 Å². The van der Waals surface area contributed by atoms with Crippen molar-refractivity contribution in [2.45, 2.75) is 6.42 Å². The Morgan fingerprint density at radius 1 is 1.64 bits per heavy atom. The first kappa shape index (κ1) is 11.1. The van der Waals surface area contributed by atoms with Crippen LogP contribution in [0.15, 0.2) is 12.1 Å². The Labute approximate surface area is 91.2 Å². The summed E-state index contributed by atoms with van der Waals surface area (Å²) in [6.07, 6.45) is 0.651. The number of carbonyl (C=O) groups is 1. The second kappa shape index (κ2) is 5.66. The average Bonchev–Trinajstić information content (AvgIpc) is 2.66. The van der Waals surface area contributed by atoms with Gasteiger partial charge in [-0.25, -0.2) is 5.84 Å². The van der Waals surface area contributed by atoms with Crippen molar-refractivity contribution in [1.82, 2.24) is 5.43 Å². The van der Waals surface area contributed by atoms with Crippen LogP contribution in [0, 0.1) is 11.8 Å². The fraction of sp³-hybridized carbons (Fsp3) is 0.222. The first-order valence-corrected chi connectivity index (χ1v) is 5.28. The highest BCUT2D eigenvalue weighted by atomic mass is 35.5. The lowest BCUT2D eigenvalue weighted by atomic mass is 10.4. The number of thiophene rings is 1. The minimum atomic E-state index is -0.291. The molecule has 0 radical (unpaired) electrons. The van der Waals surface area contributed by atoms with Gasteiger partial charge in [-0.2, -0.15) is 0 Å². The van der Waals surface area contributed by atoms with E-state index in [9.17, 15) is 4.79 Å². The largest absolute Gasteiger partial charge is 0.289 e. The fourth-order valence-corrected chi connectivity index (χ4v) is 1.67. The van der Waals surface area contributed by atoms with E-state index in [4.69, 9.17) is 17.4 Å². The Bertz CT molecular complexity index is 378. The number of nitrogen functional groups attached to an aromatic ring is 1. The number of amides is 1. The van der Waals surface area contributed by atoms with Crippen molar-refractivity contribution in [3.8, 4) is 11.8 Å². The van der Waals surface area contributed by atoms with Gasteiger partial charge in [0.25, 0.3) is 5.91 Å². The summed E-state index contributed by atoms with van der Waals surface area (Å²) >= 11 is 6.77. The lowest BCUT2D eigenvalue weighted by Gasteiger charge is -1.91. The second-order valence-electron chi connectivity index (χ2n) is 2.38. The van der Waals surface area contributed by atoms with Crippen molar-refractivity contribution in [1.29, 1.82) is 0 Å². The highest BCUT2D eigenvalue weighted by Crippen LogP contribution is 2.14. The van der Waals surface area contributed by atoms with Crippen LogP contribution >= 0.6 is 22.9 Å². The van der Waals surface area contributed by atoms with Gasteiger partial charge in [-0.3, -0.25) is 10.2 Å². The molecule has 14 heavy (non-hydrogen) atoms. The number of nitrogens with one attached hydrogen (secondary N) is 1. The summed E-state index contributed by atoms with van der Waals surface area (Å²) in [6, 6.07) is 3.48. The molecule has 0 saturated carbocycles. The molecule has 5 heteroatoms. The van der Waals surface area contributed by atoms with Crippen LogP contribution in [0.4, 0.5) is 0 Å². The molecule has 1 aromatic heterocycles. The summed E-state index contributed by atoms with van der Waals surface area (Å²) in [4.78, 5) is 12.5. The third-order valence-electron chi connectivity index (χ3n) is 1.39. The number of halogens is 1. The molecule has 0 atom stereocenters. The van der Waals surface area contributed by atoms with Crippen LogP contribution in [0.3, 0.4) is 0 Å². The number of hydrogen-bond donors (Lipinski definition) is 2. The average molecular weight is 229 g/mol. The van der Waals surface area contributed by atoms with Crippen molar-refractivity contribution in [3.63, 3.8) is 0 Å². The topological polar surface area (TPSA) is 55.1 Å². The molecule has 3 N–H and O–H groups in total. The lowest BCUT2D eigenvalue weighted by molar-refractivity contribution is 0.0957. The quantitative estimate of drug-likeness (QED) is 0.264. The van der Waals surface area contributed by atoms with Gasteiger partial charge in [0.15, 0.2) is 0 Å². The van der Waals surface area contributed by atoms with Crippen LogP contribution in [0.5, 0.6) is 0 Å². The fourth-order valence-electron chi connectivity index (χ4n) is 0.795. The lowest BCUT2D eigenvalue weighted by Crippen LogP contribution is -2.29. The minimum Gasteiger partial charge on any atom is -0.289 e. The van der Waals surface area contributed by atoms with Crippen LogP contribution in [-0.2, 0) is 0 Å². The van der Waals surface area contributed by atoms with Crippen LogP contribution in [0.2, 0.25) is 0 Å². The van der Waals surface area contributed by atoms with E-state index in [1.165, 1.54) is 11.3 Å². The standard InChI is InChI=1S/C9H9ClN2OS/c10-6-2-1-3-7-4-5-8(14-7)9(13)12-11/h4-5H,2,6,11H2,(H,12,13). The van der Waals surface area contributed by atoms with Gasteiger partial charge in [-0.1, -0.05) is 11.8 Å². The third kappa shape index (κ3) is 3.04. The van der Waals surface area contributed by atoms with E-state index in [0.29, 0.717) is 17.2 Å². The zero-order chi connectivity index (χ0) is 10.4.